The summed E-state index contributed by atoms with van der Waals surface area (Å²) in [7, 11) is -3.56. The van der Waals surface area contributed by atoms with Gasteiger partial charge in [-0.3, -0.25) is 4.79 Å². The Hall–Kier alpha value is -2.27. The van der Waals surface area contributed by atoms with Gasteiger partial charge in [0.15, 0.2) is 11.5 Å². The summed E-state index contributed by atoms with van der Waals surface area (Å²) in [5.41, 5.74) is 0.544. The van der Waals surface area contributed by atoms with E-state index in [1.165, 1.54) is 28.2 Å². The Morgan fingerprint density at radius 1 is 1.00 bits per heavy atom. The number of ether oxygens (including phenoxy) is 3. The van der Waals surface area contributed by atoms with Crippen LogP contribution in [0, 0.1) is 0 Å². The van der Waals surface area contributed by atoms with Crippen LogP contribution in [0.4, 0.5) is 5.69 Å². The molecule has 1 amide bonds. The molecule has 1 atom stereocenters. The molecule has 2 aliphatic rings. The first-order valence-corrected chi connectivity index (χ1v) is 12.8. The number of carbonyl (C=O) groups excluding carboxylic acids is 1. The molecule has 4 rings (SSSR count). The molecule has 0 spiro atoms. The van der Waals surface area contributed by atoms with Gasteiger partial charge in [0.1, 0.15) is 0 Å². The summed E-state index contributed by atoms with van der Waals surface area (Å²) in [5.74, 6) is 1.24. The second-order valence-corrected chi connectivity index (χ2v) is 10.8. The first kappa shape index (κ1) is 22.9. The van der Waals surface area contributed by atoms with E-state index in [1.54, 1.807) is 12.1 Å². The summed E-state index contributed by atoms with van der Waals surface area (Å²) in [6, 6.07) is 11.9. The Morgan fingerprint density at radius 3 is 2.41 bits per heavy atom. The molecular formula is C22H26N2O6S2. The van der Waals surface area contributed by atoms with E-state index < -0.39 is 10.0 Å². The molecule has 8 nitrogen and oxygen atoms in total. The molecule has 1 N–H and O–H groups in total. The number of hydrogen-bond donors (Lipinski definition) is 1. The van der Waals surface area contributed by atoms with Crippen LogP contribution < -0.4 is 14.8 Å². The minimum Gasteiger partial charge on any atom is -0.490 e. The van der Waals surface area contributed by atoms with Crippen molar-refractivity contribution in [2.24, 2.45) is 0 Å². The van der Waals surface area contributed by atoms with Crippen molar-refractivity contribution in [1.82, 2.24) is 4.31 Å². The summed E-state index contributed by atoms with van der Waals surface area (Å²) in [6.07, 6.45) is 0.836. The summed E-state index contributed by atoms with van der Waals surface area (Å²) < 4.78 is 43.4. The zero-order valence-electron chi connectivity index (χ0n) is 17.8. The average Bonchev–Trinajstić information content (AvgIpc) is 3.05. The molecule has 1 fully saturated rings. The molecule has 2 aromatic rings. The number of amides is 1. The van der Waals surface area contributed by atoms with E-state index in [4.69, 9.17) is 14.2 Å². The van der Waals surface area contributed by atoms with Crippen LogP contribution in [0.2, 0.25) is 0 Å². The van der Waals surface area contributed by atoms with Crippen LogP contribution in [0.15, 0.2) is 52.3 Å². The number of rotatable bonds is 6. The third-order valence-corrected chi connectivity index (χ3v) is 8.14. The van der Waals surface area contributed by atoms with Crippen LogP contribution in [0.3, 0.4) is 0 Å². The van der Waals surface area contributed by atoms with E-state index >= 15 is 0 Å². The van der Waals surface area contributed by atoms with E-state index in [-0.39, 0.29) is 16.1 Å². The normalized spacial score (nSPS) is 17.9. The molecule has 0 saturated carbocycles. The number of nitrogens with zero attached hydrogens (tertiary/aromatic N) is 1. The van der Waals surface area contributed by atoms with Crippen molar-refractivity contribution >= 4 is 33.4 Å². The maximum atomic E-state index is 12.7. The van der Waals surface area contributed by atoms with Crippen molar-refractivity contribution in [3.63, 3.8) is 0 Å². The van der Waals surface area contributed by atoms with Gasteiger partial charge in [-0.05, 0) is 49.4 Å². The summed E-state index contributed by atoms with van der Waals surface area (Å²) in [5, 5.41) is 2.48. The van der Waals surface area contributed by atoms with Crippen molar-refractivity contribution in [3.05, 3.63) is 42.5 Å². The third kappa shape index (κ3) is 5.37. The highest BCUT2D eigenvalue weighted by Crippen LogP contribution is 2.35. The van der Waals surface area contributed by atoms with Gasteiger partial charge in [0, 0.05) is 30.1 Å². The minimum atomic E-state index is -3.56. The number of thioether (sulfide) groups is 1. The molecule has 172 valence electrons. The fraction of sp³-hybridized carbons (Fsp3) is 0.409. The maximum Gasteiger partial charge on any atom is 0.243 e. The van der Waals surface area contributed by atoms with Crippen molar-refractivity contribution in [3.8, 4) is 11.5 Å². The smallest absolute Gasteiger partial charge is 0.243 e. The first-order valence-electron chi connectivity index (χ1n) is 10.5. The Kier molecular flexibility index (Phi) is 7.24. The van der Waals surface area contributed by atoms with Gasteiger partial charge in [-0.1, -0.05) is 0 Å². The Labute approximate surface area is 192 Å². The topological polar surface area (TPSA) is 94.2 Å². The monoisotopic (exact) mass is 478 g/mol. The number of sulfonamides is 1. The van der Waals surface area contributed by atoms with E-state index in [1.807, 2.05) is 25.1 Å². The lowest BCUT2D eigenvalue weighted by molar-refractivity contribution is -0.115. The molecule has 2 aromatic carbocycles. The predicted octanol–water partition coefficient (Wildman–Crippen LogP) is 2.99. The zero-order valence-corrected chi connectivity index (χ0v) is 19.4. The highest BCUT2D eigenvalue weighted by molar-refractivity contribution is 8.00. The van der Waals surface area contributed by atoms with Gasteiger partial charge in [-0.25, -0.2) is 8.42 Å². The van der Waals surface area contributed by atoms with Crippen LogP contribution in [-0.2, 0) is 19.6 Å². The molecule has 0 radical (unpaired) electrons. The van der Waals surface area contributed by atoms with Crippen LogP contribution in [0.25, 0.3) is 0 Å². The van der Waals surface area contributed by atoms with E-state index in [2.05, 4.69) is 5.32 Å². The summed E-state index contributed by atoms with van der Waals surface area (Å²) >= 11 is 1.41. The van der Waals surface area contributed by atoms with Crippen molar-refractivity contribution in [2.45, 2.75) is 28.4 Å². The standard InChI is InChI=1S/C22H26N2O6S2/c1-16(31-18-5-8-20-21(15-18)30-12-2-11-29-20)22(25)23-17-3-6-19(7-4-17)32(26,27)24-9-13-28-14-10-24/h3-8,15-16H,2,9-14H2,1H3,(H,23,25). The molecule has 32 heavy (non-hydrogen) atoms. The van der Waals surface area contributed by atoms with Crippen LogP contribution >= 0.6 is 11.8 Å². The summed E-state index contributed by atoms with van der Waals surface area (Å²) in [6.45, 7) is 4.53. The number of nitrogens with one attached hydrogen (secondary N) is 1. The van der Waals surface area contributed by atoms with E-state index in [0.717, 1.165) is 17.1 Å². The lowest BCUT2D eigenvalue weighted by Gasteiger charge is -2.26. The lowest BCUT2D eigenvalue weighted by atomic mass is 10.3. The number of carbonyl (C=O) groups is 1. The molecule has 2 heterocycles. The van der Waals surface area contributed by atoms with Gasteiger partial charge < -0.3 is 19.5 Å². The van der Waals surface area contributed by atoms with Gasteiger partial charge in [-0.2, -0.15) is 4.31 Å². The number of morpholine rings is 1. The second kappa shape index (κ2) is 10.1. The fourth-order valence-corrected chi connectivity index (χ4v) is 5.67. The highest BCUT2D eigenvalue weighted by atomic mass is 32.2. The Bertz CT molecular complexity index is 1050. The largest absolute Gasteiger partial charge is 0.490 e. The average molecular weight is 479 g/mol. The SMILES string of the molecule is CC(Sc1ccc2c(c1)OCCCO2)C(=O)Nc1ccc(S(=O)(=O)N2CCOCC2)cc1. The van der Waals surface area contributed by atoms with Gasteiger partial charge >= 0.3 is 0 Å². The third-order valence-electron chi connectivity index (χ3n) is 5.13. The van der Waals surface area contributed by atoms with Crippen LogP contribution in [-0.4, -0.2) is 63.4 Å². The molecule has 10 heteroatoms. The quantitative estimate of drug-likeness (QED) is 0.638. The van der Waals surface area contributed by atoms with Gasteiger partial charge in [0.05, 0.1) is 36.6 Å². The molecule has 1 unspecified atom stereocenters. The number of fused-ring (bicyclic) bond motifs is 1. The zero-order chi connectivity index (χ0) is 22.6. The molecule has 0 bridgehead atoms. The summed E-state index contributed by atoms with van der Waals surface area (Å²) in [4.78, 5) is 13.8. The van der Waals surface area contributed by atoms with Crippen molar-refractivity contribution < 1.29 is 27.4 Å². The molecular weight excluding hydrogens is 452 g/mol. The van der Waals surface area contributed by atoms with Crippen LogP contribution in [0.1, 0.15) is 13.3 Å². The fourth-order valence-electron chi connectivity index (χ4n) is 3.36. The van der Waals surface area contributed by atoms with E-state index in [9.17, 15) is 13.2 Å². The van der Waals surface area contributed by atoms with Gasteiger partial charge in [0.25, 0.3) is 0 Å². The Morgan fingerprint density at radius 2 is 1.69 bits per heavy atom. The number of anilines is 1. The van der Waals surface area contributed by atoms with Crippen LogP contribution in [0.5, 0.6) is 11.5 Å². The van der Waals surface area contributed by atoms with Gasteiger partial charge in [-0.15, -0.1) is 11.8 Å². The number of hydrogen-bond acceptors (Lipinski definition) is 7. The van der Waals surface area contributed by atoms with Gasteiger partial charge in [0.2, 0.25) is 15.9 Å². The minimum absolute atomic E-state index is 0.175. The molecule has 0 aliphatic carbocycles. The second-order valence-electron chi connectivity index (χ2n) is 7.45. The Balaban J connectivity index is 1.37. The molecule has 1 saturated heterocycles. The predicted molar refractivity (Wildman–Crippen MR) is 122 cm³/mol. The number of benzene rings is 2. The van der Waals surface area contributed by atoms with Crippen molar-refractivity contribution in [2.75, 3.05) is 44.8 Å². The maximum absolute atomic E-state index is 12.7. The molecule has 2 aliphatic heterocycles. The lowest BCUT2D eigenvalue weighted by Crippen LogP contribution is -2.40. The van der Waals surface area contributed by atoms with E-state index in [0.29, 0.717) is 51.0 Å². The molecule has 0 aromatic heterocycles. The van der Waals surface area contributed by atoms with Crippen molar-refractivity contribution in [1.29, 1.82) is 0 Å². The highest BCUT2D eigenvalue weighted by Gasteiger charge is 2.26. The first-order chi connectivity index (χ1) is 15.4.